The third-order valence-corrected chi connectivity index (χ3v) is 4.60. The lowest BCUT2D eigenvalue weighted by molar-refractivity contribution is 0.104. The molecule has 0 spiro atoms. The quantitative estimate of drug-likeness (QED) is 0.697. The number of ketones is 1. The summed E-state index contributed by atoms with van der Waals surface area (Å²) in [6.45, 7) is 1.98. The van der Waals surface area contributed by atoms with Crippen LogP contribution in [0.3, 0.4) is 0 Å². The number of hydrogen-bond donors (Lipinski definition) is 1. The van der Waals surface area contributed by atoms with Gasteiger partial charge in [-0.25, -0.2) is 0 Å². The smallest absolute Gasteiger partial charge is 0.265 e. The molecule has 1 aliphatic rings. The first-order valence-corrected chi connectivity index (χ1v) is 8.22. The number of aromatic nitrogens is 1. The van der Waals surface area contributed by atoms with E-state index in [0.29, 0.717) is 6.42 Å². The molecular formula is C20H21NO3. The van der Waals surface area contributed by atoms with Crippen LogP contribution in [0.4, 0.5) is 0 Å². The largest absolute Gasteiger partial charge is 0.507 e. The van der Waals surface area contributed by atoms with Crippen molar-refractivity contribution in [3.05, 3.63) is 68.6 Å². The van der Waals surface area contributed by atoms with E-state index in [4.69, 9.17) is 0 Å². The summed E-state index contributed by atoms with van der Waals surface area (Å²) in [6.07, 6.45) is 6.47. The highest BCUT2D eigenvalue weighted by molar-refractivity contribution is 6.08. The van der Waals surface area contributed by atoms with Crippen LogP contribution >= 0.6 is 0 Å². The molecule has 1 aromatic heterocycles. The second-order valence-electron chi connectivity index (χ2n) is 6.33. The third-order valence-electron chi connectivity index (χ3n) is 4.60. The molecule has 0 bridgehead atoms. The van der Waals surface area contributed by atoms with Gasteiger partial charge in [-0.2, -0.15) is 0 Å². The first-order valence-electron chi connectivity index (χ1n) is 8.22. The fraction of sp³-hybridized carbons (Fsp3) is 0.300. The summed E-state index contributed by atoms with van der Waals surface area (Å²) in [5.74, 6) is -0.588. The van der Waals surface area contributed by atoms with Crippen molar-refractivity contribution in [2.45, 2.75) is 32.6 Å². The maximum Gasteiger partial charge on any atom is 0.265 e. The first kappa shape index (κ1) is 16.2. The van der Waals surface area contributed by atoms with E-state index in [1.807, 2.05) is 31.2 Å². The summed E-state index contributed by atoms with van der Waals surface area (Å²) >= 11 is 0. The van der Waals surface area contributed by atoms with Crippen molar-refractivity contribution in [2.24, 2.45) is 7.05 Å². The molecule has 4 heteroatoms. The Hall–Kier alpha value is -2.62. The molecule has 1 heterocycles. The molecule has 0 saturated heterocycles. The van der Waals surface area contributed by atoms with Crippen LogP contribution in [0, 0.1) is 6.92 Å². The van der Waals surface area contributed by atoms with E-state index in [1.165, 1.54) is 10.6 Å². The average molecular weight is 323 g/mol. The average Bonchev–Trinajstić information content (AvgIpc) is 2.58. The predicted molar refractivity (Wildman–Crippen MR) is 94.5 cm³/mol. The van der Waals surface area contributed by atoms with Gasteiger partial charge in [0.25, 0.3) is 5.56 Å². The molecule has 0 radical (unpaired) electrons. The SMILES string of the molecule is Cc1cccc(/C=C/C(=O)c2c(O)c3c(n(C)c2=O)CCCC3)c1. The highest BCUT2D eigenvalue weighted by Crippen LogP contribution is 2.30. The van der Waals surface area contributed by atoms with Crippen LogP contribution in [-0.2, 0) is 19.9 Å². The number of rotatable bonds is 3. The van der Waals surface area contributed by atoms with E-state index in [1.54, 1.807) is 13.1 Å². The van der Waals surface area contributed by atoms with Crippen LogP contribution in [0.5, 0.6) is 5.75 Å². The zero-order chi connectivity index (χ0) is 17.3. The van der Waals surface area contributed by atoms with E-state index >= 15 is 0 Å². The normalized spacial score (nSPS) is 13.9. The number of aryl methyl sites for hydroxylation is 1. The molecule has 0 fully saturated rings. The topological polar surface area (TPSA) is 59.3 Å². The van der Waals surface area contributed by atoms with Gasteiger partial charge in [-0.05, 0) is 44.2 Å². The molecule has 2 aromatic rings. The molecular weight excluding hydrogens is 302 g/mol. The van der Waals surface area contributed by atoms with E-state index in [0.717, 1.165) is 41.6 Å². The number of aromatic hydroxyl groups is 1. The van der Waals surface area contributed by atoms with Crippen LogP contribution < -0.4 is 5.56 Å². The molecule has 1 aliphatic carbocycles. The molecule has 1 N–H and O–H groups in total. The summed E-state index contributed by atoms with van der Waals surface area (Å²) in [5.41, 5.74) is 3.03. The zero-order valence-electron chi connectivity index (χ0n) is 14.0. The minimum Gasteiger partial charge on any atom is -0.507 e. The number of hydrogen-bond acceptors (Lipinski definition) is 3. The fourth-order valence-electron chi connectivity index (χ4n) is 3.31. The van der Waals surface area contributed by atoms with Gasteiger partial charge in [0.2, 0.25) is 0 Å². The molecule has 0 saturated carbocycles. The Bertz CT molecular complexity index is 890. The van der Waals surface area contributed by atoms with Crippen LogP contribution in [0.1, 0.15) is 45.6 Å². The van der Waals surface area contributed by atoms with Gasteiger partial charge < -0.3 is 9.67 Å². The highest BCUT2D eigenvalue weighted by Gasteiger charge is 2.24. The second-order valence-corrected chi connectivity index (χ2v) is 6.33. The van der Waals surface area contributed by atoms with E-state index in [2.05, 4.69) is 0 Å². The standard InChI is InChI=1S/C20H21NO3/c1-13-6-5-7-14(12-13)10-11-17(22)18-19(23)15-8-3-4-9-16(15)21(2)20(18)24/h5-7,10-12,23H,3-4,8-9H2,1-2H3/b11-10+. The lowest BCUT2D eigenvalue weighted by Gasteiger charge is -2.21. The predicted octanol–water partition coefficient (Wildman–Crippen LogP) is 3.17. The Morgan fingerprint density at radius 2 is 2.00 bits per heavy atom. The van der Waals surface area contributed by atoms with Crippen LogP contribution in [-0.4, -0.2) is 15.5 Å². The maximum absolute atomic E-state index is 12.5. The Balaban J connectivity index is 2.01. The highest BCUT2D eigenvalue weighted by atomic mass is 16.3. The first-order chi connectivity index (χ1) is 11.5. The van der Waals surface area contributed by atoms with Crippen molar-refractivity contribution < 1.29 is 9.90 Å². The Morgan fingerprint density at radius 3 is 2.75 bits per heavy atom. The minimum atomic E-state index is -0.456. The van der Waals surface area contributed by atoms with Gasteiger partial charge in [-0.15, -0.1) is 0 Å². The van der Waals surface area contributed by atoms with E-state index in [9.17, 15) is 14.7 Å². The van der Waals surface area contributed by atoms with Gasteiger partial charge in [0.05, 0.1) is 0 Å². The lowest BCUT2D eigenvalue weighted by Crippen LogP contribution is -2.29. The molecule has 0 atom stereocenters. The van der Waals surface area contributed by atoms with Gasteiger partial charge >= 0.3 is 0 Å². The molecule has 0 amide bonds. The van der Waals surface area contributed by atoms with Gasteiger partial charge in [-0.1, -0.05) is 35.9 Å². The van der Waals surface area contributed by atoms with Crippen LogP contribution in [0.2, 0.25) is 0 Å². The van der Waals surface area contributed by atoms with E-state index in [-0.39, 0.29) is 11.3 Å². The van der Waals surface area contributed by atoms with Crippen molar-refractivity contribution in [3.63, 3.8) is 0 Å². The Morgan fingerprint density at radius 1 is 1.25 bits per heavy atom. The van der Waals surface area contributed by atoms with Crippen molar-refractivity contribution >= 4 is 11.9 Å². The monoisotopic (exact) mass is 323 g/mol. The van der Waals surface area contributed by atoms with Crippen molar-refractivity contribution in [3.8, 4) is 5.75 Å². The summed E-state index contributed by atoms with van der Waals surface area (Å²) in [4.78, 5) is 25.0. The molecule has 0 unspecified atom stereocenters. The molecule has 24 heavy (non-hydrogen) atoms. The van der Waals surface area contributed by atoms with Gasteiger partial charge in [-0.3, -0.25) is 9.59 Å². The number of pyridine rings is 1. The van der Waals surface area contributed by atoms with E-state index < -0.39 is 11.3 Å². The number of allylic oxidation sites excluding steroid dienone is 1. The summed E-state index contributed by atoms with van der Waals surface area (Å²) in [5, 5.41) is 10.5. The lowest BCUT2D eigenvalue weighted by atomic mass is 9.92. The van der Waals surface area contributed by atoms with Crippen molar-refractivity contribution in [1.82, 2.24) is 4.57 Å². The van der Waals surface area contributed by atoms with Crippen LogP contribution in [0.15, 0.2) is 35.1 Å². The summed E-state index contributed by atoms with van der Waals surface area (Å²) in [7, 11) is 1.67. The van der Waals surface area contributed by atoms with Gasteiger partial charge in [0.1, 0.15) is 11.3 Å². The number of fused-ring (bicyclic) bond motifs is 1. The second kappa shape index (κ2) is 6.48. The van der Waals surface area contributed by atoms with Crippen molar-refractivity contribution in [2.75, 3.05) is 0 Å². The maximum atomic E-state index is 12.5. The molecule has 124 valence electrons. The molecule has 3 rings (SSSR count). The Labute approximate surface area is 141 Å². The van der Waals surface area contributed by atoms with Gasteiger partial charge in [0, 0.05) is 18.3 Å². The number of benzene rings is 1. The molecule has 1 aromatic carbocycles. The van der Waals surface area contributed by atoms with Gasteiger partial charge in [0.15, 0.2) is 5.78 Å². The van der Waals surface area contributed by atoms with Crippen LogP contribution in [0.25, 0.3) is 6.08 Å². The van der Waals surface area contributed by atoms with Crippen molar-refractivity contribution in [1.29, 1.82) is 0 Å². The molecule has 4 nitrogen and oxygen atoms in total. The number of carbonyl (C=O) groups excluding carboxylic acids is 1. The molecule has 0 aliphatic heterocycles. The summed E-state index contributed by atoms with van der Waals surface area (Å²) in [6, 6.07) is 7.73. The Kier molecular flexibility index (Phi) is 4.38. The fourth-order valence-corrected chi connectivity index (χ4v) is 3.31. The number of nitrogens with zero attached hydrogens (tertiary/aromatic N) is 1. The summed E-state index contributed by atoms with van der Waals surface area (Å²) < 4.78 is 1.52. The third kappa shape index (κ3) is 2.92. The minimum absolute atomic E-state index is 0.123. The number of carbonyl (C=O) groups is 1. The zero-order valence-corrected chi connectivity index (χ0v) is 14.0.